The maximum absolute atomic E-state index is 15.8. The van der Waals surface area contributed by atoms with Gasteiger partial charge in [0.1, 0.15) is 0 Å². The van der Waals surface area contributed by atoms with Crippen LogP contribution in [0, 0.1) is 13.8 Å². The second kappa shape index (κ2) is 10.3. The molecule has 46 heavy (non-hydrogen) atoms. The number of halogens is 6. The van der Waals surface area contributed by atoms with Crippen LogP contribution in [0.25, 0.3) is 53.7 Å². The zero-order valence-corrected chi connectivity index (χ0v) is 25.7. The van der Waals surface area contributed by atoms with E-state index >= 15 is 26.3 Å². The van der Waals surface area contributed by atoms with Crippen LogP contribution >= 0.6 is 22.7 Å². The largest absolute Gasteiger partial charge is 0.478 e. The Kier molecular flexibility index (Phi) is 6.77. The number of carboxylic acids is 1. The number of benzene rings is 4. The van der Waals surface area contributed by atoms with E-state index in [2.05, 4.69) is 0 Å². The van der Waals surface area contributed by atoms with Gasteiger partial charge in [-0.25, -0.2) is 4.79 Å². The molecule has 232 valence electrons. The zero-order valence-electron chi connectivity index (χ0n) is 24.1. The minimum atomic E-state index is -5.68. The van der Waals surface area contributed by atoms with E-state index in [1.807, 2.05) is 18.2 Å². The quantitative estimate of drug-likeness (QED) is 0.113. The highest BCUT2D eigenvalue weighted by Crippen LogP contribution is 2.67. The van der Waals surface area contributed by atoms with Crippen LogP contribution in [-0.2, 0) is 4.79 Å². The highest BCUT2D eigenvalue weighted by molar-refractivity contribution is 7.19. The van der Waals surface area contributed by atoms with Crippen molar-refractivity contribution >= 4 is 82.4 Å². The summed E-state index contributed by atoms with van der Waals surface area (Å²) in [4.78, 5) is 12.8. The first-order chi connectivity index (χ1) is 21.8. The number of thiophene rings is 2. The van der Waals surface area contributed by atoms with Gasteiger partial charge in [-0.05, 0) is 54.0 Å². The second-order valence-corrected chi connectivity index (χ2v) is 13.7. The lowest BCUT2D eigenvalue weighted by Crippen LogP contribution is -2.48. The standard InChI is InChI=1S/C36H22F6O2S2/c1-18-29(24-11-5-6-13-27(24)45-18)31-32(35(39,40)36(41,42)34(31,37)38)30-19(2)46-28-17-20(14-15-25(28)30)16-26(33(43)44)23-12-7-9-21-8-3-4-10-22(21)23/h3-17H,1-2H3,(H,43,44)/b26-16-. The van der Waals surface area contributed by atoms with E-state index in [1.165, 1.54) is 38.1 Å². The van der Waals surface area contributed by atoms with Gasteiger partial charge in [0.25, 0.3) is 0 Å². The third-order valence-corrected chi connectivity index (χ3v) is 10.6. The molecule has 2 nitrogen and oxygen atoms in total. The first-order valence-corrected chi connectivity index (χ1v) is 15.7. The summed E-state index contributed by atoms with van der Waals surface area (Å²) < 4.78 is 94.4. The zero-order chi connectivity index (χ0) is 32.8. The molecule has 0 amide bonds. The molecule has 4 aromatic carbocycles. The third kappa shape index (κ3) is 4.19. The van der Waals surface area contributed by atoms with Crippen LogP contribution in [0.5, 0.6) is 0 Å². The number of aliphatic carboxylic acids is 1. The number of hydrogen-bond donors (Lipinski definition) is 1. The van der Waals surface area contributed by atoms with Crippen molar-refractivity contribution in [1.29, 1.82) is 0 Å². The van der Waals surface area contributed by atoms with E-state index < -0.39 is 34.9 Å². The molecule has 1 aliphatic rings. The van der Waals surface area contributed by atoms with Crippen molar-refractivity contribution in [3.63, 3.8) is 0 Å². The summed E-state index contributed by atoms with van der Waals surface area (Å²) in [6, 6.07) is 23.3. The smallest absolute Gasteiger partial charge is 0.380 e. The van der Waals surface area contributed by atoms with E-state index in [4.69, 9.17) is 0 Å². The fraction of sp³-hybridized carbons (Fsp3) is 0.139. The van der Waals surface area contributed by atoms with Gasteiger partial charge >= 0.3 is 23.7 Å². The molecule has 0 unspecified atom stereocenters. The molecule has 0 spiro atoms. The topological polar surface area (TPSA) is 37.3 Å². The Hall–Kier alpha value is -4.41. The lowest BCUT2D eigenvalue weighted by atomic mass is 9.91. The average molecular weight is 665 g/mol. The predicted octanol–water partition coefficient (Wildman–Crippen LogP) is 11.3. The van der Waals surface area contributed by atoms with Crippen molar-refractivity contribution in [1.82, 2.24) is 0 Å². The first-order valence-electron chi connectivity index (χ1n) is 14.1. The Morgan fingerprint density at radius 3 is 1.87 bits per heavy atom. The Morgan fingerprint density at radius 1 is 0.674 bits per heavy atom. The van der Waals surface area contributed by atoms with E-state index in [1.54, 1.807) is 48.5 Å². The summed E-state index contributed by atoms with van der Waals surface area (Å²) in [6.07, 6.45) is 1.44. The number of rotatable bonds is 5. The molecule has 0 bridgehead atoms. The fourth-order valence-electron chi connectivity index (χ4n) is 6.39. The molecule has 0 radical (unpaired) electrons. The highest BCUT2D eigenvalue weighted by atomic mass is 32.1. The second-order valence-electron chi connectivity index (χ2n) is 11.2. The van der Waals surface area contributed by atoms with Gasteiger partial charge in [0.15, 0.2) is 0 Å². The van der Waals surface area contributed by atoms with Gasteiger partial charge in [-0.3, -0.25) is 0 Å². The van der Waals surface area contributed by atoms with Crippen molar-refractivity contribution < 1.29 is 36.2 Å². The number of fused-ring (bicyclic) bond motifs is 3. The van der Waals surface area contributed by atoms with Crippen molar-refractivity contribution in [3.8, 4) is 0 Å². The maximum atomic E-state index is 15.8. The lowest BCUT2D eigenvalue weighted by molar-refractivity contribution is -0.254. The van der Waals surface area contributed by atoms with Gasteiger partial charge in [0.05, 0.1) is 5.57 Å². The van der Waals surface area contributed by atoms with Gasteiger partial charge in [-0.2, -0.15) is 26.3 Å². The van der Waals surface area contributed by atoms with Crippen molar-refractivity contribution in [2.75, 3.05) is 0 Å². The molecule has 10 heteroatoms. The van der Waals surface area contributed by atoms with Gasteiger partial charge in [0.2, 0.25) is 0 Å². The number of carbonyl (C=O) groups is 1. The van der Waals surface area contributed by atoms with Crippen LogP contribution < -0.4 is 0 Å². The SMILES string of the molecule is Cc1sc2ccccc2c1C1=C(c2c(C)sc3cc(/C=C(\C(=O)O)c4cccc5ccccc45)ccc23)C(F)(F)C(F)(F)C1(F)F. The van der Waals surface area contributed by atoms with Crippen molar-refractivity contribution in [2.24, 2.45) is 0 Å². The Morgan fingerprint density at radius 2 is 1.22 bits per heavy atom. The monoisotopic (exact) mass is 664 g/mol. The molecule has 1 aliphatic carbocycles. The molecule has 0 aliphatic heterocycles. The molecule has 7 rings (SSSR count). The molecule has 0 fully saturated rings. The normalized spacial score (nSPS) is 17.4. The number of alkyl halides is 6. The summed E-state index contributed by atoms with van der Waals surface area (Å²) in [5.41, 5.74) is -2.57. The molecule has 1 N–H and O–H groups in total. The lowest BCUT2D eigenvalue weighted by Gasteiger charge is -2.26. The predicted molar refractivity (Wildman–Crippen MR) is 174 cm³/mol. The molecular formula is C36H22F6O2S2. The number of aryl methyl sites for hydroxylation is 2. The fourth-order valence-corrected chi connectivity index (χ4v) is 8.57. The number of hydrogen-bond acceptors (Lipinski definition) is 3. The summed E-state index contributed by atoms with van der Waals surface area (Å²) in [5, 5.41) is 12.0. The summed E-state index contributed by atoms with van der Waals surface area (Å²) >= 11 is 2.06. The minimum Gasteiger partial charge on any atom is -0.478 e. The molecule has 0 saturated carbocycles. The van der Waals surface area contributed by atoms with Crippen molar-refractivity contribution in [2.45, 2.75) is 31.6 Å². The van der Waals surface area contributed by atoms with Gasteiger partial charge in [-0.1, -0.05) is 72.8 Å². The average Bonchev–Trinajstić information content (AvgIpc) is 3.54. The Bertz CT molecular complexity index is 2300. The van der Waals surface area contributed by atoms with Gasteiger partial charge in [0, 0.05) is 52.2 Å². The third-order valence-electron chi connectivity index (χ3n) is 8.45. The van der Waals surface area contributed by atoms with Crippen LogP contribution in [0.3, 0.4) is 0 Å². The summed E-state index contributed by atoms with van der Waals surface area (Å²) in [5.74, 6) is -17.2. The highest BCUT2D eigenvalue weighted by Gasteiger charge is 2.80. The van der Waals surface area contributed by atoms with E-state index in [9.17, 15) is 9.90 Å². The van der Waals surface area contributed by atoms with Crippen LogP contribution in [-0.4, -0.2) is 28.8 Å². The van der Waals surface area contributed by atoms with Crippen LogP contribution in [0.1, 0.15) is 32.0 Å². The summed E-state index contributed by atoms with van der Waals surface area (Å²) in [7, 11) is 0. The molecule has 6 aromatic rings. The molecule has 2 heterocycles. The van der Waals surface area contributed by atoms with Crippen LogP contribution in [0.15, 0.2) is 84.9 Å². The molecule has 0 saturated heterocycles. The molecule has 2 aromatic heterocycles. The maximum Gasteiger partial charge on any atom is 0.380 e. The van der Waals surface area contributed by atoms with Gasteiger partial charge < -0.3 is 5.11 Å². The molecular weight excluding hydrogens is 643 g/mol. The Balaban J connectivity index is 1.47. The summed E-state index contributed by atoms with van der Waals surface area (Å²) in [6.45, 7) is 2.89. The van der Waals surface area contributed by atoms with Gasteiger partial charge in [-0.15, -0.1) is 22.7 Å². The van der Waals surface area contributed by atoms with E-state index in [-0.39, 0.29) is 37.2 Å². The minimum absolute atomic E-state index is 0.0175. The van der Waals surface area contributed by atoms with E-state index in [0.29, 0.717) is 20.5 Å². The van der Waals surface area contributed by atoms with Crippen molar-refractivity contribution in [3.05, 3.63) is 117 Å². The van der Waals surface area contributed by atoms with Crippen LogP contribution in [0.4, 0.5) is 26.3 Å². The molecule has 0 atom stereocenters. The number of carboxylic acid groups (broad SMARTS) is 1. The first kappa shape index (κ1) is 30.3. The van der Waals surface area contributed by atoms with Crippen LogP contribution in [0.2, 0.25) is 0 Å². The van der Waals surface area contributed by atoms with E-state index in [0.717, 1.165) is 33.4 Å². The Labute approximate surface area is 266 Å². The number of allylic oxidation sites excluding steroid dienone is 2.